The standard InChI is InChI=1S/C14H19NO4/c1-4-18-13(17)11-8-14(3,19-15-11)10-6-5-9(2)12(16)7-10/h5,10H,4,6-8H2,1-3H3/t10-,14+/m0/s1. The van der Waals surface area contributed by atoms with Crippen molar-refractivity contribution >= 4 is 17.5 Å². The van der Waals surface area contributed by atoms with Gasteiger partial charge in [-0.2, -0.15) is 0 Å². The zero-order chi connectivity index (χ0) is 14.0. The number of oxime groups is 1. The highest BCUT2D eigenvalue weighted by Crippen LogP contribution is 2.38. The molecule has 0 aromatic rings. The number of carbonyl (C=O) groups excluding carboxylic acids is 2. The molecule has 0 bridgehead atoms. The minimum Gasteiger partial charge on any atom is -0.461 e. The Hall–Kier alpha value is -1.65. The molecule has 2 aliphatic rings. The van der Waals surface area contributed by atoms with Gasteiger partial charge in [-0.1, -0.05) is 11.2 Å². The van der Waals surface area contributed by atoms with Gasteiger partial charge in [0, 0.05) is 18.8 Å². The highest BCUT2D eigenvalue weighted by Gasteiger charge is 2.45. The van der Waals surface area contributed by atoms with Crippen LogP contribution in [0.4, 0.5) is 0 Å². The van der Waals surface area contributed by atoms with Crippen LogP contribution < -0.4 is 0 Å². The number of esters is 1. The molecule has 104 valence electrons. The van der Waals surface area contributed by atoms with E-state index in [1.807, 2.05) is 19.9 Å². The number of nitrogens with zero attached hydrogens (tertiary/aromatic N) is 1. The van der Waals surface area contributed by atoms with Gasteiger partial charge in [0.05, 0.1) is 6.61 Å². The minimum atomic E-state index is -0.588. The van der Waals surface area contributed by atoms with Crippen molar-refractivity contribution in [3.8, 4) is 0 Å². The smallest absolute Gasteiger partial charge is 0.356 e. The molecule has 19 heavy (non-hydrogen) atoms. The van der Waals surface area contributed by atoms with E-state index in [-0.39, 0.29) is 11.7 Å². The summed E-state index contributed by atoms with van der Waals surface area (Å²) < 4.78 is 4.92. The van der Waals surface area contributed by atoms with E-state index in [1.165, 1.54) is 0 Å². The first kappa shape index (κ1) is 13.8. The Bertz CT molecular complexity index is 466. The predicted octanol–water partition coefficient (Wildman–Crippen LogP) is 2.01. The van der Waals surface area contributed by atoms with Crippen molar-refractivity contribution in [1.29, 1.82) is 0 Å². The van der Waals surface area contributed by atoms with Crippen molar-refractivity contribution in [3.63, 3.8) is 0 Å². The summed E-state index contributed by atoms with van der Waals surface area (Å²) >= 11 is 0. The van der Waals surface area contributed by atoms with Crippen molar-refractivity contribution in [2.75, 3.05) is 6.61 Å². The van der Waals surface area contributed by atoms with Gasteiger partial charge in [-0.3, -0.25) is 4.79 Å². The Labute approximate surface area is 112 Å². The number of ketones is 1. The first-order chi connectivity index (χ1) is 8.96. The quantitative estimate of drug-likeness (QED) is 0.732. The van der Waals surface area contributed by atoms with Crippen molar-refractivity contribution in [1.82, 2.24) is 0 Å². The van der Waals surface area contributed by atoms with Gasteiger partial charge < -0.3 is 9.57 Å². The molecule has 0 radical (unpaired) electrons. The van der Waals surface area contributed by atoms with Crippen LogP contribution in [0.2, 0.25) is 0 Å². The molecule has 0 saturated carbocycles. The van der Waals surface area contributed by atoms with E-state index in [0.717, 1.165) is 12.0 Å². The molecule has 2 rings (SSSR count). The molecule has 0 saturated heterocycles. The molecule has 0 aromatic carbocycles. The van der Waals surface area contributed by atoms with Gasteiger partial charge in [0.1, 0.15) is 5.60 Å². The van der Waals surface area contributed by atoms with Gasteiger partial charge in [0.25, 0.3) is 0 Å². The summed E-state index contributed by atoms with van der Waals surface area (Å²) in [5, 5.41) is 3.84. The van der Waals surface area contributed by atoms with Crippen LogP contribution in [-0.2, 0) is 19.2 Å². The summed E-state index contributed by atoms with van der Waals surface area (Å²) in [5.74, 6) is -0.231. The van der Waals surface area contributed by atoms with Crippen LogP contribution in [0.15, 0.2) is 16.8 Å². The number of ether oxygens (including phenoxy) is 1. The SMILES string of the molecule is CCOC(=O)C1=NO[C@@](C)([C@H]2CC=C(C)C(=O)C2)C1. The second-order valence-electron chi connectivity index (χ2n) is 5.29. The molecule has 5 nitrogen and oxygen atoms in total. The van der Waals surface area contributed by atoms with Gasteiger partial charge in [0.15, 0.2) is 11.5 Å². The highest BCUT2D eigenvalue weighted by molar-refractivity contribution is 6.36. The van der Waals surface area contributed by atoms with E-state index in [0.29, 0.717) is 25.2 Å². The third-order valence-corrected chi connectivity index (χ3v) is 3.84. The molecule has 0 unspecified atom stereocenters. The summed E-state index contributed by atoms with van der Waals surface area (Å²) in [6, 6.07) is 0. The van der Waals surface area contributed by atoms with Crippen molar-refractivity contribution in [3.05, 3.63) is 11.6 Å². The third-order valence-electron chi connectivity index (χ3n) is 3.84. The zero-order valence-electron chi connectivity index (χ0n) is 11.6. The van der Waals surface area contributed by atoms with E-state index >= 15 is 0 Å². The molecule has 1 heterocycles. The monoisotopic (exact) mass is 265 g/mol. The summed E-state index contributed by atoms with van der Waals surface area (Å²) in [5.41, 5.74) is 0.530. The second kappa shape index (κ2) is 5.15. The van der Waals surface area contributed by atoms with Gasteiger partial charge in [-0.25, -0.2) is 4.79 Å². The molecule has 5 heteroatoms. The number of hydrogen-bond acceptors (Lipinski definition) is 5. The molecular weight excluding hydrogens is 246 g/mol. The van der Waals surface area contributed by atoms with Gasteiger partial charge in [-0.05, 0) is 32.8 Å². The molecule has 0 aromatic heterocycles. The highest BCUT2D eigenvalue weighted by atomic mass is 16.7. The van der Waals surface area contributed by atoms with E-state index in [4.69, 9.17) is 9.57 Å². The maximum Gasteiger partial charge on any atom is 0.356 e. The Morgan fingerprint density at radius 2 is 2.37 bits per heavy atom. The number of carbonyl (C=O) groups is 2. The molecular formula is C14H19NO4. The van der Waals surface area contributed by atoms with E-state index in [1.54, 1.807) is 6.92 Å². The number of allylic oxidation sites excluding steroid dienone is 2. The second-order valence-corrected chi connectivity index (χ2v) is 5.29. The lowest BCUT2D eigenvalue weighted by Crippen LogP contribution is -2.38. The Balaban J connectivity index is 2.04. The van der Waals surface area contributed by atoms with Crippen LogP contribution in [0.3, 0.4) is 0 Å². The maximum atomic E-state index is 11.8. The fourth-order valence-corrected chi connectivity index (χ4v) is 2.47. The number of Topliss-reactive ketones (excluding diaryl/α,β-unsaturated/α-hetero) is 1. The summed E-state index contributed by atoms with van der Waals surface area (Å²) in [6.45, 7) is 5.80. The van der Waals surface area contributed by atoms with E-state index in [9.17, 15) is 9.59 Å². The summed E-state index contributed by atoms with van der Waals surface area (Å²) in [6.07, 6.45) is 3.56. The predicted molar refractivity (Wildman–Crippen MR) is 69.7 cm³/mol. The molecule has 0 fully saturated rings. The third kappa shape index (κ3) is 2.69. The lowest BCUT2D eigenvalue weighted by atomic mass is 9.76. The van der Waals surface area contributed by atoms with Crippen molar-refractivity contribution < 1.29 is 19.2 Å². The Morgan fingerprint density at radius 3 is 3.00 bits per heavy atom. The normalized spacial score (nSPS) is 30.5. The van der Waals surface area contributed by atoms with Gasteiger partial charge >= 0.3 is 5.97 Å². The lowest BCUT2D eigenvalue weighted by Gasteiger charge is -2.32. The zero-order valence-corrected chi connectivity index (χ0v) is 11.6. The first-order valence-corrected chi connectivity index (χ1v) is 6.58. The van der Waals surface area contributed by atoms with Gasteiger partial charge in [-0.15, -0.1) is 0 Å². The van der Waals surface area contributed by atoms with E-state index in [2.05, 4.69) is 5.16 Å². The Morgan fingerprint density at radius 1 is 1.63 bits per heavy atom. The molecule has 1 aliphatic heterocycles. The minimum absolute atomic E-state index is 0.0550. The topological polar surface area (TPSA) is 65.0 Å². The molecule has 2 atom stereocenters. The average Bonchev–Trinajstić information content (AvgIpc) is 2.77. The number of rotatable bonds is 3. The fraction of sp³-hybridized carbons (Fsp3) is 0.643. The van der Waals surface area contributed by atoms with Crippen LogP contribution in [0.5, 0.6) is 0 Å². The Kier molecular flexibility index (Phi) is 3.73. The van der Waals surface area contributed by atoms with Crippen LogP contribution in [0.1, 0.15) is 40.0 Å². The summed E-state index contributed by atoms with van der Waals surface area (Å²) in [7, 11) is 0. The average molecular weight is 265 g/mol. The molecule has 1 aliphatic carbocycles. The summed E-state index contributed by atoms with van der Waals surface area (Å²) in [4.78, 5) is 28.8. The molecule has 0 spiro atoms. The fourth-order valence-electron chi connectivity index (χ4n) is 2.47. The lowest BCUT2D eigenvalue weighted by molar-refractivity contribution is -0.135. The van der Waals surface area contributed by atoms with Crippen LogP contribution in [0.25, 0.3) is 0 Å². The van der Waals surface area contributed by atoms with E-state index < -0.39 is 11.6 Å². The number of hydrogen-bond donors (Lipinski definition) is 0. The van der Waals surface area contributed by atoms with Crippen LogP contribution >= 0.6 is 0 Å². The van der Waals surface area contributed by atoms with Gasteiger partial charge in [0.2, 0.25) is 0 Å². The van der Waals surface area contributed by atoms with Crippen molar-refractivity contribution in [2.24, 2.45) is 11.1 Å². The van der Waals surface area contributed by atoms with Crippen molar-refractivity contribution in [2.45, 2.75) is 45.6 Å². The van der Waals surface area contributed by atoms with Crippen LogP contribution in [-0.4, -0.2) is 29.7 Å². The molecule has 0 N–H and O–H groups in total. The van der Waals surface area contributed by atoms with Crippen LogP contribution in [0, 0.1) is 5.92 Å². The largest absolute Gasteiger partial charge is 0.461 e. The first-order valence-electron chi connectivity index (χ1n) is 6.58. The molecule has 0 amide bonds. The maximum absolute atomic E-state index is 11.8.